The second kappa shape index (κ2) is 2.52. The first-order valence-corrected chi connectivity index (χ1v) is 4.53. The zero-order valence-electron chi connectivity index (χ0n) is 4.17. The fourth-order valence-electron chi connectivity index (χ4n) is 0.293. The zero-order chi connectivity index (χ0) is 5.98. The molecule has 1 aromatic heterocycles. The van der Waals surface area contributed by atoms with Gasteiger partial charge in [0.25, 0.3) is 0 Å². The topological polar surface area (TPSA) is 24.9 Å². The Hall–Kier alpha value is -0.0000000000000000555. The minimum atomic E-state index is 0.708. The van der Waals surface area contributed by atoms with Crippen molar-refractivity contribution in [2.75, 3.05) is 12.4 Å². The van der Waals surface area contributed by atoms with Crippen LogP contribution in [-0.4, -0.2) is 12.0 Å². The van der Waals surface area contributed by atoms with Crippen LogP contribution >= 0.6 is 32.9 Å². The average molecular weight is 164 g/mol. The maximum Gasteiger partial charge on any atom is 0.194 e. The molecule has 1 rings (SSSR count). The lowest BCUT2D eigenvalue weighted by molar-refractivity contribution is 1.36. The highest BCUT2D eigenvalue weighted by atomic mass is 32.9. The lowest BCUT2D eigenvalue weighted by Crippen LogP contribution is -1.83. The van der Waals surface area contributed by atoms with E-state index in [1.807, 2.05) is 7.05 Å². The van der Waals surface area contributed by atoms with Gasteiger partial charge in [0.15, 0.2) is 9.09 Å². The maximum atomic E-state index is 4.78. The number of hydrogen-bond acceptors (Lipinski definition) is 5. The predicted octanol–water partition coefficient (Wildman–Crippen LogP) is 1.98. The summed E-state index contributed by atoms with van der Waals surface area (Å²) in [6, 6.07) is 0. The van der Waals surface area contributed by atoms with Gasteiger partial charge in [0, 0.05) is 7.05 Å². The Morgan fingerprint density at radius 3 is 2.62 bits per heavy atom. The Morgan fingerprint density at radius 2 is 2.38 bits per heavy atom. The van der Waals surface area contributed by atoms with E-state index >= 15 is 0 Å². The Morgan fingerprint density at radius 1 is 1.62 bits per heavy atom. The van der Waals surface area contributed by atoms with Gasteiger partial charge in [-0.05, 0) is 32.9 Å². The summed E-state index contributed by atoms with van der Waals surface area (Å²) in [6.45, 7) is 0. The second-order valence-electron chi connectivity index (χ2n) is 1.10. The normalized spacial score (nSPS) is 9.12. The van der Waals surface area contributed by atoms with Crippen LogP contribution in [0.2, 0.25) is 0 Å². The van der Waals surface area contributed by atoms with Gasteiger partial charge in [0.2, 0.25) is 0 Å². The van der Waals surface area contributed by atoms with E-state index in [0.29, 0.717) is 3.95 Å². The van der Waals surface area contributed by atoms with Crippen LogP contribution in [0.25, 0.3) is 0 Å². The molecule has 0 amide bonds. The number of rotatable bonds is 1. The fraction of sp³-hybridized carbons (Fsp3) is 0.333. The second-order valence-corrected chi connectivity index (χ2v) is 3.85. The van der Waals surface area contributed by atoms with Crippen LogP contribution in [0.5, 0.6) is 0 Å². The highest BCUT2D eigenvalue weighted by Gasteiger charge is 1.89. The number of nitrogens with zero attached hydrogens (tertiary/aromatic N) is 1. The molecule has 0 unspecified atom stereocenters. The summed E-state index contributed by atoms with van der Waals surface area (Å²) in [5.41, 5.74) is 0. The van der Waals surface area contributed by atoms with Crippen molar-refractivity contribution in [3.05, 3.63) is 3.95 Å². The Balaban J connectivity index is 3.01. The van der Waals surface area contributed by atoms with E-state index < -0.39 is 0 Å². The quantitative estimate of drug-likeness (QED) is 0.507. The van der Waals surface area contributed by atoms with E-state index in [4.69, 9.17) is 12.2 Å². The van der Waals surface area contributed by atoms with E-state index in [1.54, 1.807) is 10.3 Å². The molecule has 0 saturated heterocycles. The van der Waals surface area contributed by atoms with Crippen molar-refractivity contribution < 1.29 is 0 Å². The minimum Gasteiger partial charge on any atom is -0.364 e. The summed E-state index contributed by atoms with van der Waals surface area (Å²) >= 11 is 4.78. The first-order chi connectivity index (χ1) is 3.83. The van der Waals surface area contributed by atoms with Crippen LogP contribution in [0.1, 0.15) is 0 Å². The molecule has 1 N–H and O–H groups in total. The third-order valence-electron chi connectivity index (χ3n) is 0.599. The summed E-state index contributed by atoms with van der Waals surface area (Å²) in [4.78, 5) is 3.97. The van der Waals surface area contributed by atoms with Crippen LogP contribution in [0.3, 0.4) is 0 Å². The average Bonchev–Trinajstić information content (AvgIpc) is 2.14. The molecule has 1 heterocycles. The summed E-state index contributed by atoms with van der Waals surface area (Å²) in [5.74, 6) is 0. The first-order valence-electron chi connectivity index (χ1n) is 1.98. The summed E-state index contributed by atoms with van der Waals surface area (Å²) in [6.07, 6.45) is 0. The molecule has 0 aliphatic rings. The molecule has 44 valence electrons. The highest BCUT2D eigenvalue weighted by Crippen LogP contribution is 2.17. The molecule has 0 bridgehead atoms. The summed E-state index contributed by atoms with van der Waals surface area (Å²) in [7, 11) is 4.91. The van der Waals surface area contributed by atoms with E-state index in [-0.39, 0.29) is 0 Å². The van der Waals surface area contributed by atoms with Gasteiger partial charge in [0.1, 0.15) is 0 Å². The molecule has 5 heteroatoms. The molecule has 0 spiro atoms. The van der Waals surface area contributed by atoms with E-state index in [0.717, 1.165) is 5.13 Å². The molecule has 0 aliphatic carbocycles. The number of nitrogens with one attached hydrogen (secondary N) is 1. The van der Waals surface area contributed by atoms with E-state index in [1.165, 1.54) is 10.3 Å². The van der Waals surface area contributed by atoms with Gasteiger partial charge in [-0.15, -0.1) is 0 Å². The number of aromatic nitrogens is 1. The van der Waals surface area contributed by atoms with Gasteiger partial charge in [-0.25, -0.2) is 0 Å². The van der Waals surface area contributed by atoms with E-state index in [9.17, 15) is 0 Å². The molecule has 2 nitrogen and oxygen atoms in total. The number of anilines is 1. The third kappa shape index (κ3) is 1.24. The van der Waals surface area contributed by atoms with Crippen molar-refractivity contribution in [2.24, 2.45) is 0 Å². The van der Waals surface area contributed by atoms with Crippen molar-refractivity contribution in [3.63, 3.8) is 0 Å². The smallest absolute Gasteiger partial charge is 0.194 e. The molecule has 0 fully saturated rings. The maximum absolute atomic E-state index is 4.78. The van der Waals surface area contributed by atoms with E-state index in [2.05, 4.69) is 10.3 Å². The molecule has 8 heavy (non-hydrogen) atoms. The molecule has 1 aromatic rings. The predicted molar refractivity (Wildman–Crippen MR) is 40.4 cm³/mol. The lowest BCUT2D eigenvalue weighted by atomic mass is 11.1. The Kier molecular flexibility index (Phi) is 1.93. The van der Waals surface area contributed by atoms with Crippen LogP contribution in [-0.2, 0) is 0 Å². The van der Waals surface area contributed by atoms with Crippen molar-refractivity contribution in [2.45, 2.75) is 0 Å². The van der Waals surface area contributed by atoms with Gasteiger partial charge in [-0.3, -0.25) is 0 Å². The van der Waals surface area contributed by atoms with Crippen molar-refractivity contribution in [3.8, 4) is 0 Å². The van der Waals surface area contributed by atoms with Crippen LogP contribution < -0.4 is 5.32 Å². The van der Waals surface area contributed by atoms with Crippen LogP contribution in [0.4, 0.5) is 5.13 Å². The Bertz CT molecular complexity index is 212. The fourth-order valence-corrected chi connectivity index (χ4v) is 2.22. The van der Waals surface area contributed by atoms with Crippen LogP contribution in [0.15, 0.2) is 0 Å². The monoisotopic (exact) mass is 164 g/mol. The minimum absolute atomic E-state index is 0.708. The van der Waals surface area contributed by atoms with Gasteiger partial charge in [0.05, 0.1) is 0 Å². The third-order valence-corrected chi connectivity index (χ3v) is 3.22. The van der Waals surface area contributed by atoms with Gasteiger partial charge < -0.3 is 5.32 Å². The molecule has 0 atom stereocenters. The standard InChI is InChI=1S/C3H4N2S3/c1-4-2-5-3(6)8-7-2/h1H3,(H,4,5,6). The summed E-state index contributed by atoms with van der Waals surface area (Å²) < 4.78 is 0.708. The zero-order valence-corrected chi connectivity index (χ0v) is 6.62. The first kappa shape index (κ1) is 6.12. The van der Waals surface area contributed by atoms with Crippen molar-refractivity contribution in [1.82, 2.24) is 4.98 Å². The van der Waals surface area contributed by atoms with Crippen molar-refractivity contribution in [1.29, 1.82) is 0 Å². The molecule has 0 radical (unpaired) electrons. The van der Waals surface area contributed by atoms with Crippen molar-refractivity contribution >= 4 is 38.0 Å². The molecule has 0 aliphatic heterocycles. The summed E-state index contributed by atoms with van der Waals surface area (Å²) in [5, 5.41) is 3.80. The van der Waals surface area contributed by atoms with Crippen LogP contribution in [0, 0.1) is 3.95 Å². The number of hydrogen-bond donors (Lipinski definition) is 1. The molecular formula is C3H4N2S3. The molecule has 0 saturated carbocycles. The highest BCUT2D eigenvalue weighted by molar-refractivity contribution is 7.79. The molecular weight excluding hydrogens is 160 g/mol. The Labute approximate surface area is 59.6 Å². The molecule has 0 aromatic carbocycles. The lowest BCUT2D eigenvalue weighted by Gasteiger charge is -1.82. The van der Waals surface area contributed by atoms with Gasteiger partial charge in [-0.2, -0.15) is 4.98 Å². The SMILES string of the molecule is CNc1nc(=S)ss1. The van der Waals surface area contributed by atoms with Gasteiger partial charge in [-0.1, -0.05) is 0 Å². The largest absolute Gasteiger partial charge is 0.364 e. The van der Waals surface area contributed by atoms with Gasteiger partial charge >= 0.3 is 0 Å².